The molecule has 2 aliphatic rings. The number of likely N-dealkylation sites (tertiary alicyclic amines) is 1. The van der Waals surface area contributed by atoms with Crippen LogP contribution in [0.2, 0.25) is 10.0 Å². The van der Waals surface area contributed by atoms with Crippen molar-refractivity contribution in [3.05, 3.63) is 33.8 Å². The van der Waals surface area contributed by atoms with Crippen molar-refractivity contribution in [2.24, 2.45) is 5.92 Å². The van der Waals surface area contributed by atoms with Crippen LogP contribution in [0.25, 0.3) is 0 Å². The summed E-state index contributed by atoms with van der Waals surface area (Å²) < 4.78 is 5.56. The standard InChI is InChI=1S/C19H25Cl2NO3/c1-18(2,3)25-17(24)22-10-13(11-23)19(7-6-14(22)9-19)12-4-5-15(20)16(21)8-12/h4-5,8,13-14,23H,6-7,9-11H2,1-3H3/t13-,14-,19-/m0/s1. The quantitative estimate of drug-likeness (QED) is 0.806. The van der Waals surface area contributed by atoms with Gasteiger partial charge in [-0.15, -0.1) is 0 Å². The molecular formula is C19H25Cl2NO3. The third kappa shape index (κ3) is 3.49. The van der Waals surface area contributed by atoms with Gasteiger partial charge in [-0.05, 0) is 57.7 Å². The van der Waals surface area contributed by atoms with E-state index in [9.17, 15) is 9.90 Å². The van der Waals surface area contributed by atoms with E-state index in [4.69, 9.17) is 27.9 Å². The van der Waals surface area contributed by atoms with Crippen LogP contribution in [-0.2, 0) is 10.2 Å². The van der Waals surface area contributed by atoms with Gasteiger partial charge in [0.1, 0.15) is 5.60 Å². The Labute approximate surface area is 159 Å². The second-order valence-electron chi connectivity index (χ2n) is 8.19. The Morgan fingerprint density at radius 2 is 2.08 bits per heavy atom. The molecule has 0 unspecified atom stereocenters. The molecule has 1 saturated carbocycles. The van der Waals surface area contributed by atoms with Gasteiger partial charge in [-0.1, -0.05) is 29.3 Å². The van der Waals surface area contributed by atoms with E-state index < -0.39 is 5.60 Å². The summed E-state index contributed by atoms with van der Waals surface area (Å²) in [5, 5.41) is 11.1. The lowest BCUT2D eigenvalue weighted by molar-refractivity contribution is -0.00625. The molecule has 4 nitrogen and oxygen atoms in total. The van der Waals surface area contributed by atoms with Crippen LogP contribution in [0.1, 0.15) is 45.6 Å². The largest absolute Gasteiger partial charge is 0.444 e. The Balaban J connectivity index is 1.88. The van der Waals surface area contributed by atoms with Crippen LogP contribution in [-0.4, -0.2) is 40.9 Å². The maximum atomic E-state index is 12.6. The van der Waals surface area contributed by atoms with Crippen molar-refractivity contribution < 1.29 is 14.6 Å². The van der Waals surface area contributed by atoms with Gasteiger partial charge >= 0.3 is 6.09 Å². The first-order chi connectivity index (χ1) is 11.7. The van der Waals surface area contributed by atoms with Crippen molar-refractivity contribution in [3.8, 4) is 0 Å². The topological polar surface area (TPSA) is 49.8 Å². The smallest absolute Gasteiger partial charge is 0.410 e. The molecule has 3 rings (SSSR count). The maximum absolute atomic E-state index is 12.6. The molecule has 2 fully saturated rings. The van der Waals surface area contributed by atoms with Gasteiger partial charge in [0.15, 0.2) is 0 Å². The fourth-order valence-corrected chi connectivity index (χ4v) is 4.63. The first-order valence-corrected chi connectivity index (χ1v) is 9.48. The highest BCUT2D eigenvalue weighted by atomic mass is 35.5. The van der Waals surface area contributed by atoms with Gasteiger partial charge < -0.3 is 14.7 Å². The molecule has 3 atom stereocenters. The predicted molar refractivity (Wildman–Crippen MR) is 99.3 cm³/mol. The number of fused-ring (bicyclic) bond motifs is 2. The van der Waals surface area contributed by atoms with E-state index in [0.29, 0.717) is 16.6 Å². The normalized spacial score (nSPS) is 29.0. The number of rotatable bonds is 2. The minimum Gasteiger partial charge on any atom is -0.444 e. The van der Waals surface area contributed by atoms with Crippen molar-refractivity contribution in [2.45, 2.75) is 57.1 Å². The number of nitrogens with zero attached hydrogens (tertiary/aromatic N) is 1. The number of piperidine rings is 1. The summed E-state index contributed by atoms with van der Waals surface area (Å²) in [7, 11) is 0. The number of carbonyl (C=O) groups excluding carboxylic acids is 1. The molecule has 1 heterocycles. The third-order valence-electron chi connectivity index (χ3n) is 5.51. The van der Waals surface area contributed by atoms with Crippen LogP contribution >= 0.6 is 23.2 Å². The van der Waals surface area contributed by atoms with Gasteiger partial charge in [-0.25, -0.2) is 4.79 Å². The average molecular weight is 386 g/mol. The van der Waals surface area contributed by atoms with E-state index in [2.05, 4.69) is 0 Å². The van der Waals surface area contributed by atoms with Gasteiger partial charge in [0, 0.05) is 30.5 Å². The minimum atomic E-state index is -0.525. The van der Waals surface area contributed by atoms with Crippen LogP contribution in [0, 0.1) is 5.92 Å². The maximum Gasteiger partial charge on any atom is 0.410 e. The highest BCUT2D eigenvalue weighted by Gasteiger charge is 2.53. The number of hydrogen-bond acceptors (Lipinski definition) is 3. The Morgan fingerprint density at radius 1 is 1.36 bits per heavy atom. The summed E-state index contributed by atoms with van der Waals surface area (Å²) in [6, 6.07) is 5.86. The first kappa shape index (κ1) is 18.8. The number of hydrogen-bond donors (Lipinski definition) is 1. The van der Waals surface area contributed by atoms with Crippen molar-refractivity contribution >= 4 is 29.3 Å². The summed E-state index contributed by atoms with van der Waals surface area (Å²) in [6.07, 6.45) is 2.34. The minimum absolute atomic E-state index is 0.0201. The van der Waals surface area contributed by atoms with Gasteiger partial charge in [0.25, 0.3) is 0 Å². The molecule has 0 radical (unpaired) electrons. The van der Waals surface area contributed by atoms with Gasteiger partial charge in [-0.2, -0.15) is 0 Å². The molecule has 1 amide bonds. The van der Waals surface area contributed by atoms with E-state index in [1.54, 1.807) is 4.90 Å². The third-order valence-corrected chi connectivity index (χ3v) is 6.24. The molecule has 1 aliphatic carbocycles. The molecule has 0 spiro atoms. The molecule has 1 saturated heterocycles. The lowest BCUT2D eigenvalue weighted by Gasteiger charge is -2.45. The zero-order valence-electron chi connectivity index (χ0n) is 14.9. The van der Waals surface area contributed by atoms with Crippen LogP contribution in [0.3, 0.4) is 0 Å². The van der Waals surface area contributed by atoms with Crippen molar-refractivity contribution in [1.29, 1.82) is 0 Å². The number of benzene rings is 1. The number of ether oxygens (including phenoxy) is 1. The SMILES string of the molecule is CC(C)(C)OC(=O)N1C[C@@H](CO)[C@@]2(c3ccc(Cl)c(Cl)c3)CC[C@H]1C2. The Bertz CT molecular complexity index is 673. The fraction of sp³-hybridized carbons (Fsp3) is 0.632. The highest BCUT2D eigenvalue weighted by molar-refractivity contribution is 6.42. The van der Waals surface area contributed by atoms with Crippen LogP contribution < -0.4 is 0 Å². The molecular weight excluding hydrogens is 361 g/mol. The predicted octanol–water partition coefficient (Wildman–Crippen LogP) is 4.64. The van der Waals surface area contributed by atoms with E-state index >= 15 is 0 Å². The van der Waals surface area contributed by atoms with Crippen molar-refractivity contribution in [1.82, 2.24) is 4.90 Å². The molecule has 1 N–H and O–H groups in total. The van der Waals surface area contributed by atoms with E-state index in [1.165, 1.54) is 0 Å². The van der Waals surface area contributed by atoms with Crippen molar-refractivity contribution in [3.63, 3.8) is 0 Å². The average Bonchev–Trinajstić information content (AvgIpc) is 2.89. The van der Waals surface area contributed by atoms with Crippen LogP contribution in [0.15, 0.2) is 18.2 Å². The lowest BCUT2D eigenvalue weighted by Crippen LogP contribution is -2.53. The Kier molecular flexibility index (Phi) is 5.00. The van der Waals surface area contributed by atoms with Gasteiger partial charge in [-0.3, -0.25) is 0 Å². The van der Waals surface area contributed by atoms with E-state index in [0.717, 1.165) is 24.8 Å². The summed E-state index contributed by atoms with van der Waals surface area (Å²) >= 11 is 12.3. The summed E-state index contributed by atoms with van der Waals surface area (Å²) in [5.41, 5.74) is 0.418. The molecule has 25 heavy (non-hydrogen) atoms. The molecule has 6 heteroatoms. The van der Waals surface area contributed by atoms with E-state index in [-0.39, 0.29) is 30.1 Å². The lowest BCUT2D eigenvalue weighted by atomic mass is 9.67. The van der Waals surface area contributed by atoms with Gasteiger partial charge in [0.05, 0.1) is 10.0 Å². The number of halogens is 2. The first-order valence-electron chi connectivity index (χ1n) is 8.72. The molecule has 0 aromatic heterocycles. The second-order valence-corrected chi connectivity index (χ2v) is 9.01. The second kappa shape index (κ2) is 6.64. The summed E-state index contributed by atoms with van der Waals surface area (Å²) in [6.45, 7) is 6.12. The summed E-state index contributed by atoms with van der Waals surface area (Å²) in [4.78, 5) is 14.4. The molecule has 1 aromatic carbocycles. The van der Waals surface area contributed by atoms with E-state index in [1.807, 2.05) is 39.0 Å². The van der Waals surface area contributed by atoms with Crippen molar-refractivity contribution in [2.75, 3.05) is 13.2 Å². The van der Waals surface area contributed by atoms with Gasteiger partial charge in [0.2, 0.25) is 0 Å². The highest BCUT2D eigenvalue weighted by Crippen LogP contribution is 2.52. The van der Waals surface area contributed by atoms with Crippen LogP contribution in [0.5, 0.6) is 0 Å². The molecule has 138 valence electrons. The zero-order chi connectivity index (χ0) is 18.4. The number of carbonyl (C=O) groups is 1. The zero-order valence-corrected chi connectivity index (χ0v) is 16.4. The number of aliphatic hydroxyl groups excluding tert-OH is 1. The Morgan fingerprint density at radius 3 is 2.68 bits per heavy atom. The molecule has 2 bridgehead atoms. The summed E-state index contributed by atoms with van der Waals surface area (Å²) in [5.74, 6) is -0.0454. The number of aliphatic hydroxyl groups is 1. The van der Waals surface area contributed by atoms with Crippen LogP contribution in [0.4, 0.5) is 4.79 Å². The Hall–Kier alpha value is -0.970. The monoisotopic (exact) mass is 385 g/mol. The molecule has 1 aliphatic heterocycles. The number of amides is 1. The fourth-order valence-electron chi connectivity index (χ4n) is 4.33. The molecule has 1 aromatic rings.